The summed E-state index contributed by atoms with van der Waals surface area (Å²) in [4.78, 5) is 0. The Morgan fingerprint density at radius 2 is 1.81 bits per heavy atom. The molecule has 0 saturated carbocycles. The highest BCUT2D eigenvalue weighted by Crippen LogP contribution is 2.28. The number of methoxy groups -OCH3 is 1. The van der Waals surface area contributed by atoms with Crippen molar-refractivity contribution in [2.45, 2.75) is 37.2 Å². The van der Waals surface area contributed by atoms with Crippen molar-refractivity contribution in [2.75, 3.05) is 7.11 Å². The lowest BCUT2D eigenvalue weighted by atomic mass is 10.2. The van der Waals surface area contributed by atoms with Crippen LogP contribution in [0.15, 0.2) is 53.7 Å². The van der Waals surface area contributed by atoms with E-state index in [1.54, 1.807) is 18.9 Å². The number of rotatable bonds is 8. The minimum atomic E-state index is 0.677. The maximum Gasteiger partial charge on any atom is 0.191 e. The van der Waals surface area contributed by atoms with Crippen molar-refractivity contribution in [3.8, 4) is 23.2 Å². The Kier molecular flexibility index (Phi) is 6.50. The first-order valence-corrected chi connectivity index (χ1v) is 9.93. The van der Waals surface area contributed by atoms with Crippen LogP contribution in [-0.2, 0) is 12.3 Å². The third-order valence-electron chi connectivity index (χ3n) is 4.25. The summed E-state index contributed by atoms with van der Waals surface area (Å²) in [6, 6.07) is 17.7. The van der Waals surface area contributed by atoms with Gasteiger partial charge in [0.15, 0.2) is 11.0 Å². The molecule has 0 fully saturated rings. The lowest BCUT2D eigenvalue weighted by molar-refractivity contribution is 0.415. The molecule has 27 heavy (non-hydrogen) atoms. The lowest BCUT2D eigenvalue weighted by Crippen LogP contribution is -2.02. The van der Waals surface area contributed by atoms with E-state index < -0.39 is 0 Å². The summed E-state index contributed by atoms with van der Waals surface area (Å²) in [5, 5.41) is 18.7. The van der Waals surface area contributed by atoms with Gasteiger partial charge in [0.25, 0.3) is 0 Å². The van der Waals surface area contributed by atoms with Gasteiger partial charge in [0.05, 0.1) is 18.7 Å². The Morgan fingerprint density at radius 3 is 2.44 bits per heavy atom. The second-order valence-corrected chi connectivity index (χ2v) is 7.08. The summed E-state index contributed by atoms with van der Waals surface area (Å²) in [6.07, 6.45) is 2.19. The van der Waals surface area contributed by atoms with E-state index in [2.05, 4.69) is 27.8 Å². The Morgan fingerprint density at radius 1 is 1.07 bits per heavy atom. The van der Waals surface area contributed by atoms with Crippen LogP contribution in [0.2, 0.25) is 0 Å². The van der Waals surface area contributed by atoms with Crippen LogP contribution >= 0.6 is 11.8 Å². The molecule has 5 nitrogen and oxygen atoms in total. The largest absolute Gasteiger partial charge is 0.497 e. The topological polar surface area (TPSA) is 63.7 Å². The summed E-state index contributed by atoms with van der Waals surface area (Å²) < 4.78 is 7.44. The molecule has 0 bridgehead atoms. The number of nitriles is 1. The van der Waals surface area contributed by atoms with Gasteiger partial charge in [-0.3, -0.25) is 0 Å². The van der Waals surface area contributed by atoms with Gasteiger partial charge in [-0.25, -0.2) is 0 Å². The Balaban J connectivity index is 1.81. The van der Waals surface area contributed by atoms with Gasteiger partial charge in [0.2, 0.25) is 0 Å². The molecule has 0 aliphatic rings. The van der Waals surface area contributed by atoms with Gasteiger partial charge >= 0.3 is 0 Å². The fourth-order valence-electron chi connectivity index (χ4n) is 2.69. The molecule has 0 N–H and O–H groups in total. The van der Waals surface area contributed by atoms with Gasteiger partial charge in [-0.05, 0) is 48.4 Å². The predicted molar refractivity (Wildman–Crippen MR) is 108 cm³/mol. The molecule has 2 aromatic carbocycles. The highest BCUT2D eigenvalue weighted by Gasteiger charge is 2.14. The normalized spacial score (nSPS) is 10.6. The molecule has 3 rings (SSSR count). The zero-order chi connectivity index (χ0) is 19.1. The molecule has 6 heteroatoms. The molecule has 3 aromatic rings. The maximum atomic E-state index is 8.91. The standard InChI is InChI=1S/C21H22N4OS/c1-3-4-13-25-20(18-9-11-19(26-2)12-10-18)23-24-21(25)27-15-17-7-5-16(14-22)6-8-17/h5-12H,3-4,13,15H2,1-2H3. The second kappa shape index (κ2) is 9.24. The first-order valence-electron chi connectivity index (χ1n) is 8.94. The number of nitrogens with zero attached hydrogens (tertiary/aromatic N) is 4. The first kappa shape index (κ1) is 19.0. The van der Waals surface area contributed by atoms with Crippen LogP contribution in [0.3, 0.4) is 0 Å². The number of unbranched alkanes of at least 4 members (excludes halogenated alkanes) is 1. The third kappa shape index (κ3) is 4.69. The average molecular weight is 379 g/mol. The number of hydrogen-bond donors (Lipinski definition) is 0. The van der Waals surface area contributed by atoms with Gasteiger partial charge in [-0.2, -0.15) is 5.26 Å². The molecule has 0 atom stereocenters. The van der Waals surface area contributed by atoms with Gasteiger partial charge < -0.3 is 9.30 Å². The molecular weight excluding hydrogens is 356 g/mol. The SMILES string of the molecule is CCCCn1c(SCc2ccc(C#N)cc2)nnc1-c1ccc(OC)cc1. The Labute approximate surface area is 164 Å². The minimum absolute atomic E-state index is 0.677. The minimum Gasteiger partial charge on any atom is -0.497 e. The summed E-state index contributed by atoms with van der Waals surface area (Å²) in [7, 11) is 1.66. The number of ether oxygens (including phenoxy) is 1. The number of thioether (sulfide) groups is 1. The van der Waals surface area contributed by atoms with Crippen LogP contribution in [0.5, 0.6) is 5.75 Å². The molecule has 0 saturated heterocycles. The summed E-state index contributed by atoms with van der Waals surface area (Å²) >= 11 is 1.67. The van der Waals surface area contributed by atoms with Crippen LogP contribution in [-0.4, -0.2) is 21.9 Å². The zero-order valence-electron chi connectivity index (χ0n) is 15.6. The predicted octanol–water partition coefficient (Wildman–Crippen LogP) is 4.92. The first-order chi connectivity index (χ1) is 13.2. The van der Waals surface area contributed by atoms with Crippen LogP contribution in [0.1, 0.15) is 30.9 Å². The number of hydrogen-bond acceptors (Lipinski definition) is 5. The summed E-state index contributed by atoms with van der Waals surface area (Å²) in [5.41, 5.74) is 2.87. The van der Waals surface area contributed by atoms with E-state index in [1.807, 2.05) is 48.5 Å². The lowest BCUT2D eigenvalue weighted by Gasteiger charge is -2.10. The number of benzene rings is 2. The van der Waals surface area contributed by atoms with Crippen LogP contribution in [0.25, 0.3) is 11.4 Å². The van der Waals surface area contributed by atoms with Crippen LogP contribution < -0.4 is 4.74 Å². The molecule has 0 spiro atoms. The highest BCUT2D eigenvalue weighted by molar-refractivity contribution is 7.98. The van der Waals surface area contributed by atoms with E-state index in [9.17, 15) is 0 Å². The Hall–Kier alpha value is -2.78. The van der Waals surface area contributed by atoms with Crippen molar-refractivity contribution in [1.82, 2.24) is 14.8 Å². The summed E-state index contributed by atoms with van der Waals surface area (Å²) in [6.45, 7) is 3.07. The van der Waals surface area contributed by atoms with Crippen molar-refractivity contribution in [3.63, 3.8) is 0 Å². The van der Waals surface area contributed by atoms with Gasteiger partial charge in [-0.1, -0.05) is 37.2 Å². The smallest absolute Gasteiger partial charge is 0.191 e. The molecule has 0 amide bonds. The van der Waals surface area contributed by atoms with E-state index in [0.29, 0.717) is 5.56 Å². The molecule has 138 valence electrons. The van der Waals surface area contributed by atoms with E-state index >= 15 is 0 Å². The molecule has 1 heterocycles. The van der Waals surface area contributed by atoms with Crippen molar-refractivity contribution < 1.29 is 4.74 Å². The highest BCUT2D eigenvalue weighted by atomic mass is 32.2. The van der Waals surface area contributed by atoms with E-state index in [1.165, 1.54) is 0 Å². The monoisotopic (exact) mass is 378 g/mol. The molecule has 0 radical (unpaired) electrons. The van der Waals surface area contributed by atoms with Crippen LogP contribution in [0, 0.1) is 11.3 Å². The fraction of sp³-hybridized carbons (Fsp3) is 0.286. The van der Waals surface area contributed by atoms with Gasteiger partial charge in [-0.15, -0.1) is 10.2 Å². The maximum absolute atomic E-state index is 8.91. The second-order valence-electron chi connectivity index (χ2n) is 6.14. The zero-order valence-corrected chi connectivity index (χ0v) is 16.4. The van der Waals surface area contributed by atoms with Crippen molar-refractivity contribution >= 4 is 11.8 Å². The molecular formula is C21H22N4OS. The fourth-order valence-corrected chi connectivity index (χ4v) is 3.61. The number of aromatic nitrogens is 3. The molecule has 1 aromatic heterocycles. The van der Waals surface area contributed by atoms with Gasteiger partial charge in [0, 0.05) is 17.9 Å². The van der Waals surface area contributed by atoms with E-state index in [-0.39, 0.29) is 0 Å². The van der Waals surface area contributed by atoms with E-state index in [0.717, 1.165) is 53.0 Å². The van der Waals surface area contributed by atoms with Crippen LogP contribution in [0.4, 0.5) is 0 Å². The molecule has 0 aliphatic carbocycles. The van der Waals surface area contributed by atoms with Crippen molar-refractivity contribution in [2.24, 2.45) is 0 Å². The van der Waals surface area contributed by atoms with Gasteiger partial charge in [0.1, 0.15) is 5.75 Å². The quantitative estimate of drug-likeness (QED) is 0.521. The van der Waals surface area contributed by atoms with Crippen molar-refractivity contribution in [3.05, 3.63) is 59.7 Å². The Bertz CT molecular complexity index is 911. The van der Waals surface area contributed by atoms with Crippen molar-refractivity contribution in [1.29, 1.82) is 5.26 Å². The average Bonchev–Trinajstić information content (AvgIpc) is 3.13. The van der Waals surface area contributed by atoms with E-state index in [4.69, 9.17) is 10.00 Å². The third-order valence-corrected chi connectivity index (χ3v) is 5.29. The summed E-state index contributed by atoms with van der Waals surface area (Å²) in [5.74, 6) is 2.50. The molecule has 0 aliphatic heterocycles. The molecule has 0 unspecified atom stereocenters.